The zero-order valence-electron chi connectivity index (χ0n) is 9.87. The molecule has 0 aromatic heterocycles. The molecule has 84 valence electrons. The van der Waals surface area contributed by atoms with Crippen LogP contribution >= 0.6 is 0 Å². The summed E-state index contributed by atoms with van der Waals surface area (Å²) in [6.07, 6.45) is 0. The van der Waals surface area contributed by atoms with E-state index in [1.54, 1.807) is 0 Å². The topological polar surface area (TPSA) is 52.9 Å². The summed E-state index contributed by atoms with van der Waals surface area (Å²) in [5.41, 5.74) is 2.72. The molecular formula is C13H16N2O. The molecule has 0 fully saturated rings. The summed E-state index contributed by atoms with van der Waals surface area (Å²) in [4.78, 5) is 11.7. The molecule has 1 rings (SSSR count). The van der Waals surface area contributed by atoms with Crippen LogP contribution in [0, 0.1) is 18.3 Å². The number of nitriles is 1. The van der Waals surface area contributed by atoms with Crippen LogP contribution in [-0.4, -0.2) is 12.5 Å². The molecule has 0 spiro atoms. The van der Waals surface area contributed by atoms with E-state index in [4.69, 9.17) is 5.26 Å². The third kappa shape index (κ3) is 2.83. The average molecular weight is 216 g/mol. The van der Waals surface area contributed by atoms with Gasteiger partial charge in [0.25, 0.3) is 5.91 Å². The maximum Gasteiger partial charge on any atom is 0.252 e. The van der Waals surface area contributed by atoms with Gasteiger partial charge >= 0.3 is 0 Å². The second-order valence-electron chi connectivity index (χ2n) is 4.07. The Hall–Kier alpha value is -1.82. The Morgan fingerprint density at radius 2 is 2.19 bits per heavy atom. The zero-order valence-corrected chi connectivity index (χ0v) is 9.87. The Bertz CT molecular complexity index is 430. The predicted octanol–water partition coefficient (Wildman–Crippen LogP) is 2.37. The van der Waals surface area contributed by atoms with Gasteiger partial charge in [0, 0.05) is 5.56 Å². The van der Waals surface area contributed by atoms with Crippen molar-refractivity contribution >= 4 is 5.91 Å². The van der Waals surface area contributed by atoms with Crippen LogP contribution in [0.15, 0.2) is 18.2 Å². The Balaban J connectivity index is 2.98. The summed E-state index contributed by atoms with van der Waals surface area (Å²) in [5.74, 6) is 0.213. The molecule has 0 radical (unpaired) electrons. The molecule has 0 saturated carbocycles. The highest BCUT2D eigenvalue weighted by molar-refractivity contribution is 5.95. The number of carbonyl (C=O) groups is 1. The number of nitrogens with one attached hydrogen (secondary N) is 1. The average Bonchev–Trinajstić information content (AvgIpc) is 2.26. The molecule has 1 aromatic carbocycles. The summed E-state index contributed by atoms with van der Waals surface area (Å²) in [6, 6.07) is 7.76. The molecule has 1 N–H and O–H groups in total. The van der Waals surface area contributed by atoms with Crippen molar-refractivity contribution in [1.82, 2.24) is 5.32 Å². The molecule has 1 aromatic rings. The molecule has 16 heavy (non-hydrogen) atoms. The summed E-state index contributed by atoms with van der Waals surface area (Å²) >= 11 is 0. The van der Waals surface area contributed by atoms with E-state index in [0.717, 1.165) is 11.1 Å². The van der Waals surface area contributed by atoms with Gasteiger partial charge in [-0.25, -0.2) is 0 Å². The van der Waals surface area contributed by atoms with Crippen molar-refractivity contribution < 1.29 is 4.79 Å². The second kappa shape index (κ2) is 5.32. The summed E-state index contributed by atoms with van der Waals surface area (Å²) in [6.45, 7) is 6.11. The molecule has 3 heteroatoms. The van der Waals surface area contributed by atoms with E-state index in [9.17, 15) is 4.79 Å². The Labute approximate surface area is 96.1 Å². The highest BCUT2D eigenvalue weighted by Crippen LogP contribution is 2.18. The maximum absolute atomic E-state index is 11.7. The Morgan fingerprint density at radius 3 is 2.75 bits per heavy atom. The standard InChI is InChI=1S/C13H16N2O/c1-9(2)11-5-4-10(3)12(8-11)13(16)15-7-6-14/h4-5,8-9H,7H2,1-3H3,(H,15,16). The number of aryl methyl sites for hydroxylation is 1. The summed E-state index contributed by atoms with van der Waals surface area (Å²) in [7, 11) is 0. The third-order valence-electron chi connectivity index (χ3n) is 2.50. The van der Waals surface area contributed by atoms with Gasteiger partial charge in [0.2, 0.25) is 0 Å². The van der Waals surface area contributed by atoms with Gasteiger partial charge in [-0.15, -0.1) is 0 Å². The second-order valence-corrected chi connectivity index (χ2v) is 4.07. The van der Waals surface area contributed by atoms with E-state index < -0.39 is 0 Å². The van der Waals surface area contributed by atoms with Crippen LogP contribution in [0.3, 0.4) is 0 Å². The number of hydrogen-bond acceptors (Lipinski definition) is 2. The molecule has 0 saturated heterocycles. The van der Waals surface area contributed by atoms with Gasteiger partial charge in [0.05, 0.1) is 6.07 Å². The molecule has 0 aliphatic heterocycles. The maximum atomic E-state index is 11.7. The van der Waals surface area contributed by atoms with Crippen molar-refractivity contribution in [3.63, 3.8) is 0 Å². The van der Waals surface area contributed by atoms with Gasteiger partial charge in [-0.2, -0.15) is 5.26 Å². The van der Waals surface area contributed by atoms with Crippen LogP contribution in [0.5, 0.6) is 0 Å². The molecular weight excluding hydrogens is 200 g/mol. The van der Waals surface area contributed by atoms with Crippen LogP contribution in [0.4, 0.5) is 0 Å². The third-order valence-corrected chi connectivity index (χ3v) is 2.50. The lowest BCUT2D eigenvalue weighted by Gasteiger charge is -2.10. The van der Waals surface area contributed by atoms with E-state index in [1.165, 1.54) is 0 Å². The van der Waals surface area contributed by atoms with Crippen molar-refractivity contribution in [3.8, 4) is 6.07 Å². The Kier molecular flexibility index (Phi) is 4.07. The minimum atomic E-state index is -0.179. The van der Waals surface area contributed by atoms with Gasteiger partial charge in [-0.1, -0.05) is 26.0 Å². The molecule has 0 atom stereocenters. The smallest absolute Gasteiger partial charge is 0.252 e. The number of benzene rings is 1. The van der Waals surface area contributed by atoms with Crippen molar-refractivity contribution in [3.05, 3.63) is 34.9 Å². The quantitative estimate of drug-likeness (QED) is 0.788. The first-order valence-electron chi connectivity index (χ1n) is 5.32. The number of amides is 1. The first kappa shape index (κ1) is 12.3. The molecule has 0 unspecified atom stereocenters. The SMILES string of the molecule is Cc1ccc(C(C)C)cc1C(=O)NCC#N. The zero-order chi connectivity index (χ0) is 12.1. The van der Waals surface area contributed by atoms with Crippen LogP contribution in [0.2, 0.25) is 0 Å². The van der Waals surface area contributed by atoms with Crippen molar-refractivity contribution in [2.45, 2.75) is 26.7 Å². The fourth-order valence-corrected chi connectivity index (χ4v) is 1.46. The number of hydrogen-bond donors (Lipinski definition) is 1. The number of carbonyl (C=O) groups excluding carboxylic acids is 1. The molecule has 0 aliphatic rings. The minimum Gasteiger partial charge on any atom is -0.339 e. The lowest BCUT2D eigenvalue weighted by atomic mass is 9.97. The van der Waals surface area contributed by atoms with E-state index in [2.05, 4.69) is 19.2 Å². The monoisotopic (exact) mass is 216 g/mol. The van der Waals surface area contributed by atoms with Gasteiger partial charge in [-0.3, -0.25) is 4.79 Å². The van der Waals surface area contributed by atoms with Crippen LogP contribution < -0.4 is 5.32 Å². The van der Waals surface area contributed by atoms with Crippen LogP contribution in [0.25, 0.3) is 0 Å². The van der Waals surface area contributed by atoms with Crippen molar-refractivity contribution in [2.24, 2.45) is 0 Å². The molecule has 0 aliphatic carbocycles. The highest BCUT2D eigenvalue weighted by Gasteiger charge is 2.10. The Morgan fingerprint density at radius 1 is 1.50 bits per heavy atom. The predicted molar refractivity (Wildman–Crippen MR) is 63.2 cm³/mol. The van der Waals surface area contributed by atoms with Gasteiger partial charge < -0.3 is 5.32 Å². The summed E-state index contributed by atoms with van der Waals surface area (Å²) < 4.78 is 0. The molecule has 1 amide bonds. The highest BCUT2D eigenvalue weighted by atomic mass is 16.1. The van der Waals surface area contributed by atoms with Gasteiger partial charge in [0.1, 0.15) is 6.54 Å². The van der Waals surface area contributed by atoms with E-state index in [-0.39, 0.29) is 12.5 Å². The minimum absolute atomic E-state index is 0.0458. The lowest BCUT2D eigenvalue weighted by molar-refractivity contribution is 0.0958. The molecule has 0 heterocycles. The number of nitrogens with zero attached hydrogens (tertiary/aromatic N) is 1. The normalized spacial score (nSPS) is 9.94. The fraction of sp³-hybridized carbons (Fsp3) is 0.385. The van der Waals surface area contributed by atoms with E-state index >= 15 is 0 Å². The fourth-order valence-electron chi connectivity index (χ4n) is 1.46. The van der Waals surface area contributed by atoms with E-state index in [1.807, 2.05) is 31.2 Å². The first-order valence-corrected chi connectivity index (χ1v) is 5.32. The van der Waals surface area contributed by atoms with E-state index in [0.29, 0.717) is 11.5 Å². The first-order chi connectivity index (χ1) is 7.56. The molecule has 0 bridgehead atoms. The molecule has 3 nitrogen and oxygen atoms in total. The van der Waals surface area contributed by atoms with Gasteiger partial charge in [0.15, 0.2) is 0 Å². The number of rotatable bonds is 3. The van der Waals surface area contributed by atoms with Crippen LogP contribution in [0.1, 0.15) is 41.3 Å². The van der Waals surface area contributed by atoms with Crippen LogP contribution in [-0.2, 0) is 0 Å². The van der Waals surface area contributed by atoms with Crippen molar-refractivity contribution in [1.29, 1.82) is 5.26 Å². The lowest BCUT2D eigenvalue weighted by Crippen LogP contribution is -2.24. The largest absolute Gasteiger partial charge is 0.339 e. The van der Waals surface area contributed by atoms with Gasteiger partial charge in [-0.05, 0) is 30.0 Å². The van der Waals surface area contributed by atoms with Crippen molar-refractivity contribution in [2.75, 3.05) is 6.54 Å². The summed E-state index contributed by atoms with van der Waals surface area (Å²) in [5, 5.41) is 11.0.